The van der Waals surface area contributed by atoms with Crippen molar-refractivity contribution in [2.75, 3.05) is 13.1 Å². The zero-order chi connectivity index (χ0) is 41.5. The first-order chi connectivity index (χ1) is 28.8. The van der Waals surface area contributed by atoms with Crippen LogP contribution >= 0.6 is 0 Å². The zero-order valence-corrected chi connectivity index (χ0v) is 41.0. The number of unbranched alkanes of at least 4 members (excludes halogenated alkanes) is 44. The van der Waals surface area contributed by atoms with Gasteiger partial charge in [-0.2, -0.15) is 0 Å². The van der Waals surface area contributed by atoms with Crippen LogP contribution in [0.2, 0.25) is 0 Å². The lowest BCUT2D eigenvalue weighted by Gasteiger charge is -2.33. The highest BCUT2D eigenvalue weighted by Crippen LogP contribution is 2.25. The van der Waals surface area contributed by atoms with Gasteiger partial charge in [-0.15, -0.1) is 0 Å². The molecule has 58 heavy (non-hydrogen) atoms. The van der Waals surface area contributed by atoms with E-state index in [0.29, 0.717) is 6.17 Å². The Hall–Kier alpha value is -0.660. The predicted octanol–water partition coefficient (Wildman–Crippen LogP) is 20.2. The molecule has 0 saturated heterocycles. The first kappa shape index (κ1) is 55.4. The molecule has 0 aromatic carbocycles. The summed E-state index contributed by atoms with van der Waals surface area (Å²) in [5.74, 6) is 0. The van der Waals surface area contributed by atoms with E-state index in [1.165, 1.54) is 321 Å². The average molecular weight is 814 g/mol. The Labute approximate surface area is 369 Å². The number of rotatable bonds is 50. The summed E-state index contributed by atoms with van der Waals surface area (Å²) < 4.78 is 0. The van der Waals surface area contributed by atoms with Crippen LogP contribution in [0, 0.1) is 0 Å². The van der Waals surface area contributed by atoms with Gasteiger partial charge in [0.15, 0.2) is 0 Å². The molecule has 1 heterocycles. The fourth-order valence-corrected chi connectivity index (χ4v) is 9.72. The quantitative estimate of drug-likeness (QED) is 0.0565. The molecule has 1 aliphatic heterocycles. The summed E-state index contributed by atoms with van der Waals surface area (Å²) in [6.45, 7) is 9.50. The van der Waals surface area contributed by atoms with Gasteiger partial charge in [0.05, 0.1) is 0 Å². The summed E-state index contributed by atoms with van der Waals surface area (Å²) >= 11 is 0. The van der Waals surface area contributed by atoms with Crippen molar-refractivity contribution in [2.24, 2.45) is 0 Å². The largest absolute Gasteiger partial charge is 0.356 e. The van der Waals surface area contributed by atoms with Crippen molar-refractivity contribution in [1.82, 2.24) is 9.80 Å². The van der Waals surface area contributed by atoms with E-state index in [4.69, 9.17) is 0 Å². The number of hydrogen-bond donors (Lipinski definition) is 0. The molecule has 0 spiro atoms. The minimum absolute atomic E-state index is 0.634. The standard InChI is InChI=1S/C56H112N2/c1-4-7-10-13-16-19-22-25-27-29-31-33-36-39-42-45-48-51-56-57(52-49-46-43-40-37-34-24-21-18-15-12-9-6-3)54-55-58(56)53-50-47-44-41-38-35-32-30-28-26-23-20-17-14-11-8-5-2/h54-56H,4-53H2,1-3H3. The topological polar surface area (TPSA) is 6.48 Å². The van der Waals surface area contributed by atoms with Crippen LogP contribution in [0.15, 0.2) is 12.4 Å². The lowest BCUT2D eigenvalue weighted by molar-refractivity contribution is 0.135. The fourth-order valence-electron chi connectivity index (χ4n) is 9.72. The highest BCUT2D eigenvalue weighted by molar-refractivity contribution is 4.97. The molecule has 0 aliphatic carbocycles. The summed E-state index contributed by atoms with van der Waals surface area (Å²) in [4.78, 5) is 5.50. The van der Waals surface area contributed by atoms with Crippen molar-refractivity contribution in [3.8, 4) is 0 Å². The Morgan fingerprint density at radius 1 is 0.224 bits per heavy atom. The van der Waals surface area contributed by atoms with Crippen LogP contribution in [0.4, 0.5) is 0 Å². The van der Waals surface area contributed by atoms with Gasteiger partial charge in [0.2, 0.25) is 0 Å². The van der Waals surface area contributed by atoms with Crippen molar-refractivity contribution < 1.29 is 0 Å². The van der Waals surface area contributed by atoms with Crippen molar-refractivity contribution in [1.29, 1.82) is 0 Å². The van der Waals surface area contributed by atoms with E-state index in [0.717, 1.165) is 0 Å². The smallest absolute Gasteiger partial charge is 0.101 e. The molecule has 0 bridgehead atoms. The van der Waals surface area contributed by atoms with Crippen LogP contribution < -0.4 is 0 Å². The Morgan fingerprint density at radius 2 is 0.397 bits per heavy atom. The third kappa shape index (κ3) is 38.3. The molecule has 1 atom stereocenters. The van der Waals surface area contributed by atoms with Gasteiger partial charge in [0.1, 0.15) is 6.17 Å². The van der Waals surface area contributed by atoms with E-state index < -0.39 is 0 Å². The molecule has 0 amide bonds. The van der Waals surface area contributed by atoms with Crippen molar-refractivity contribution in [3.05, 3.63) is 12.4 Å². The van der Waals surface area contributed by atoms with E-state index in [1.54, 1.807) is 0 Å². The summed E-state index contributed by atoms with van der Waals surface area (Å²) in [5.41, 5.74) is 0. The second-order valence-electron chi connectivity index (χ2n) is 19.6. The Morgan fingerprint density at radius 3 is 0.603 bits per heavy atom. The molecule has 0 saturated carbocycles. The molecule has 2 heteroatoms. The van der Waals surface area contributed by atoms with E-state index in [-0.39, 0.29) is 0 Å². The van der Waals surface area contributed by atoms with Gasteiger partial charge in [0.25, 0.3) is 0 Å². The van der Waals surface area contributed by atoms with Gasteiger partial charge in [-0.1, -0.05) is 303 Å². The van der Waals surface area contributed by atoms with Crippen LogP contribution in [0.5, 0.6) is 0 Å². The maximum atomic E-state index is 2.75. The highest BCUT2D eigenvalue weighted by atomic mass is 15.4. The molecule has 0 fully saturated rings. The number of hydrogen-bond acceptors (Lipinski definition) is 2. The molecule has 0 aromatic heterocycles. The molecular weight excluding hydrogens is 701 g/mol. The predicted molar refractivity (Wildman–Crippen MR) is 265 cm³/mol. The van der Waals surface area contributed by atoms with Gasteiger partial charge >= 0.3 is 0 Å². The molecule has 1 aliphatic rings. The molecule has 0 aromatic rings. The van der Waals surface area contributed by atoms with Gasteiger partial charge < -0.3 is 9.80 Å². The van der Waals surface area contributed by atoms with Crippen LogP contribution in [0.3, 0.4) is 0 Å². The maximum absolute atomic E-state index is 2.75. The summed E-state index contributed by atoms with van der Waals surface area (Å²) in [7, 11) is 0. The lowest BCUT2D eigenvalue weighted by atomic mass is 10.0. The van der Waals surface area contributed by atoms with E-state index in [9.17, 15) is 0 Å². The summed E-state index contributed by atoms with van der Waals surface area (Å²) in [5, 5.41) is 0. The highest BCUT2D eigenvalue weighted by Gasteiger charge is 2.25. The zero-order valence-electron chi connectivity index (χ0n) is 41.0. The average Bonchev–Trinajstić information content (AvgIpc) is 3.62. The molecule has 1 unspecified atom stereocenters. The van der Waals surface area contributed by atoms with E-state index in [2.05, 4.69) is 43.0 Å². The summed E-state index contributed by atoms with van der Waals surface area (Å²) in [6.07, 6.45) is 75.3. The Kier molecular flexibility index (Phi) is 45.2. The molecular formula is C56H112N2. The normalized spacial score (nSPS) is 14.2. The first-order valence-electron chi connectivity index (χ1n) is 28.0. The first-order valence-corrected chi connectivity index (χ1v) is 28.0. The molecule has 1 rings (SSSR count). The number of nitrogens with zero attached hydrogens (tertiary/aromatic N) is 2. The van der Waals surface area contributed by atoms with Crippen LogP contribution in [0.1, 0.15) is 329 Å². The van der Waals surface area contributed by atoms with Gasteiger partial charge in [-0.25, -0.2) is 0 Å². The third-order valence-electron chi connectivity index (χ3n) is 13.8. The van der Waals surface area contributed by atoms with Crippen molar-refractivity contribution >= 4 is 0 Å². The molecule has 346 valence electrons. The van der Waals surface area contributed by atoms with Crippen LogP contribution in [0.25, 0.3) is 0 Å². The van der Waals surface area contributed by atoms with Crippen LogP contribution in [-0.4, -0.2) is 29.1 Å². The monoisotopic (exact) mass is 813 g/mol. The fraction of sp³-hybridized carbons (Fsp3) is 0.964. The van der Waals surface area contributed by atoms with E-state index in [1.807, 2.05) is 0 Å². The van der Waals surface area contributed by atoms with Crippen LogP contribution in [-0.2, 0) is 0 Å². The SMILES string of the molecule is CCCCCCCCCCCCCCCCCCCC1N(CCCCCCCCCCCCCCC)C=CN1CCCCCCCCCCCCCCCCCCC. The van der Waals surface area contributed by atoms with Gasteiger partial charge in [-0.3, -0.25) is 0 Å². The Balaban J connectivity index is 2.18. The van der Waals surface area contributed by atoms with Crippen molar-refractivity contribution in [3.63, 3.8) is 0 Å². The second kappa shape index (κ2) is 47.4. The molecule has 0 radical (unpaired) electrons. The summed E-state index contributed by atoms with van der Waals surface area (Å²) in [6, 6.07) is 0. The lowest BCUT2D eigenvalue weighted by Crippen LogP contribution is -2.39. The molecule has 0 N–H and O–H groups in total. The Bertz CT molecular complexity index is 777. The second-order valence-corrected chi connectivity index (χ2v) is 19.6. The van der Waals surface area contributed by atoms with Gasteiger partial charge in [0, 0.05) is 25.5 Å². The third-order valence-corrected chi connectivity index (χ3v) is 13.8. The van der Waals surface area contributed by atoms with E-state index >= 15 is 0 Å². The minimum atomic E-state index is 0.634. The minimum Gasteiger partial charge on any atom is -0.356 e. The maximum Gasteiger partial charge on any atom is 0.101 e. The van der Waals surface area contributed by atoms with Gasteiger partial charge in [-0.05, 0) is 25.7 Å². The molecule has 2 nitrogen and oxygen atoms in total. The van der Waals surface area contributed by atoms with Crippen molar-refractivity contribution in [2.45, 2.75) is 335 Å².